The first kappa shape index (κ1) is 26.0. The van der Waals surface area contributed by atoms with Gasteiger partial charge in [0.05, 0.1) is 15.2 Å². The minimum atomic E-state index is -4.33. The predicted molar refractivity (Wildman–Crippen MR) is 131 cm³/mol. The highest BCUT2D eigenvalue weighted by atomic mass is 35.5. The van der Waals surface area contributed by atoms with E-state index in [-0.39, 0.29) is 11.1 Å². The molecule has 2 nitrogen and oxygen atoms in total. The van der Waals surface area contributed by atoms with Crippen molar-refractivity contribution in [2.24, 2.45) is 0 Å². The molecule has 0 unspecified atom stereocenters. The molecule has 5 rings (SSSR count). The number of alkyl halides is 2. The van der Waals surface area contributed by atoms with Crippen LogP contribution in [0, 0.1) is 36.0 Å². The van der Waals surface area contributed by atoms with Gasteiger partial charge in [-0.3, -0.25) is 0 Å². The molecule has 0 radical (unpaired) electrons. The van der Waals surface area contributed by atoms with E-state index in [1.807, 2.05) is 19.1 Å². The molecule has 0 saturated carbocycles. The summed E-state index contributed by atoms with van der Waals surface area (Å²) in [5.41, 5.74) is -0.218. The van der Waals surface area contributed by atoms with Crippen molar-refractivity contribution in [1.29, 1.82) is 0 Å². The van der Waals surface area contributed by atoms with Crippen molar-refractivity contribution < 1.29 is 35.5 Å². The first-order chi connectivity index (χ1) is 17.9. The maximum atomic E-state index is 15.0. The molecule has 4 aromatic carbocycles. The van der Waals surface area contributed by atoms with Gasteiger partial charge in [-0.1, -0.05) is 17.7 Å². The lowest BCUT2D eigenvalue weighted by Gasteiger charge is -2.20. The molecule has 0 N–H and O–H groups in total. The Labute approximate surface area is 219 Å². The van der Waals surface area contributed by atoms with Gasteiger partial charge in [0.15, 0.2) is 17.5 Å². The average Bonchev–Trinajstić information content (AvgIpc) is 3.24. The van der Waals surface area contributed by atoms with Gasteiger partial charge in [0, 0.05) is 17.2 Å². The maximum Gasteiger partial charge on any atom is 0.431 e. The minimum absolute atomic E-state index is 0.181. The van der Waals surface area contributed by atoms with Crippen LogP contribution in [-0.4, -0.2) is 4.98 Å². The third kappa shape index (κ3) is 4.81. The molecule has 5 aromatic rings. The van der Waals surface area contributed by atoms with Crippen molar-refractivity contribution in [3.63, 3.8) is 0 Å². The number of halogens is 8. The van der Waals surface area contributed by atoms with E-state index in [1.165, 1.54) is 11.3 Å². The van der Waals surface area contributed by atoms with E-state index in [0.717, 1.165) is 34.5 Å². The van der Waals surface area contributed by atoms with Gasteiger partial charge >= 0.3 is 6.11 Å². The highest BCUT2D eigenvalue weighted by molar-refractivity contribution is 7.21. The van der Waals surface area contributed by atoms with E-state index in [2.05, 4.69) is 9.72 Å². The number of hydrogen-bond donors (Lipinski definition) is 0. The van der Waals surface area contributed by atoms with Crippen LogP contribution < -0.4 is 4.74 Å². The van der Waals surface area contributed by atoms with E-state index >= 15 is 0 Å². The van der Waals surface area contributed by atoms with Crippen molar-refractivity contribution in [2.75, 3.05) is 0 Å². The fourth-order valence-electron chi connectivity index (χ4n) is 3.83. The summed E-state index contributed by atoms with van der Waals surface area (Å²) in [6, 6.07) is 10.9. The van der Waals surface area contributed by atoms with E-state index in [0.29, 0.717) is 28.7 Å². The highest BCUT2D eigenvalue weighted by Crippen LogP contribution is 2.41. The fourth-order valence-corrected chi connectivity index (χ4v) is 5.20. The second-order valence-electron chi connectivity index (χ2n) is 8.32. The Balaban J connectivity index is 1.44. The molecule has 0 spiro atoms. The van der Waals surface area contributed by atoms with Crippen LogP contribution in [0.2, 0.25) is 5.02 Å². The molecule has 1 heterocycles. The van der Waals surface area contributed by atoms with E-state index in [9.17, 15) is 30.7 Å². The lowest BCUT2D eigenvalue weighted by Crippen LogP contribution is -2.24. The number of aromatic nitrogens is 1. The molecule has 0 fully saturated rings. The molecule has 1 aromatic heterocycles. The maximum absolute atomic E-state index is 15.0. The van der Waals surface area contributed by atoms with Crippen molar-refractivity contribution in [3.05, 3.63) is 106 Å². The summed E-state index contributed by atoms with van der Waals surface area (Å²) in [6.07, 6.45) is -4.33. The summed E-state index contributed by atoms with van der Waals surface area (Å²) < 4.78 is 105. The summed E-state index contributed by atoms with van der Waals surface area (Å²) in [6.45, 7) is 1.90. The number of benzene rings is 4. The highest BCUT2D eigenvalue weighted by Gasteiger charge is 2.40. The first-order valence-electron chi connectivity index (χ1n) is 10.8. The topological polar surface area (TPSA) is 22.1 Å². The van der Waals surface area contributed by atoms with E-state index in [1.54, 1.807) is 6.07 Å². The Bertz CT molecular complexity index is 1670. The van der Waals surface area contributed by atoms with Crippen molar-refractivity contribution in [3.8, 4) is 27.4 Å². The van der Waals surface area contributed by atoms with Crippen LogP contribution in [0.4, 0.5) is 30.7 Å². The molecule has 0 amide bonds. The van der Waals surface area contributed by atoms with Crippen LogP contribution in [-0.2, 0) is 6.11 Å². The van der Waals surface area contributed by atoms with Crippen LogP contribution in [0.1, 0.15) is 11.1 Å². The lowest BCUT2D eigenvalue weighted by molar-refractivity contribution is -0.187. The Morgan fingerprint density at radius 1 is 0.789 bits per heavy atom. The Hall–Kier alpha value is -3.63. The zero-order valence-corrected chi connectivity index (χ0v) is 20.6. The molecule has 38 heavy (non-hydrogen) atoms. The summed E-state index contributed by atoms with van der Waals surface area (Å²) in [5.74, 6) is -8.14. The largest absolute Gasteiger partial charge is 0.431 e. The lowest BCUT2D eigenvalue weighted by atomic mass is 10.0. The van der Waals surface area contributed by atoms with Gasteiger partial charge in [-0.15, -0.1) is 11.3 Å². The van der Waals surface area contributed by atoms with Crippen LogP contribution >= 0.6 is 22.9 Å². The van der Waals surface area contributed by atoms with Crippen LogP contribution in [0.3, 0.4) is 0 Å². The monoisotopic (exact) mass is 567 g/mol. The summed E-state index contributed by atoms with van der Waals surface area (Å²) >= 11 is 7.28. The number of hydrogen-bond acceptors (Lipinski definition) is 3. The third-order valence-electron chi connectivity index (χ3n) is 5.61. The van der Waals surface area contributed by atoms with Crippen LogP contribution in [0.25, 0.3) is 31.9 Å². The quantitative estimate of drug-likeness (QED) is 0.156. The SMILES string of the molecule is Cc1ccc2nc(-c3cc(F)c(C(F)(F)Oc4ccc(-c5cc(F)c(F)c(F)c5)c(F)c4)c(Cl)c3)sc2c1. The number of aryl methyl sites for hydroxylation is 1. The number of fused-ring (bicyclic) bond motifs is 1. The van der Waals surface area contributed by atoms with Gasteiger partial charge < -0.3 is 4.74 Å². The zero-order valence-electron chi connectivity index (χ0n) is 19.1. The second-order valence-corrected chi connectivity index (χ2v) is 9.76. The normalized spacial score (nSPS) is 11.8. The third-order valence-corrected chi connectivity index (χ3v) is 6.97. The molecular weight excluding hydrogens is 555 g/mol. The van der Waals surface area contributed by atoms with Crippen LogP contribution in [0.15, 0.2) is 60.7 Å². The predicted octanol–water partition coefficient (Wildman–Crippen LogP) is 9.42. The molecular formula is C27H13ClF7NOS. The van der Waals surface area contributed by atoms with Crippen molar-refractivity contribution >= 4 is 33.2 Å². The molecule has 0 aliphatic heterocycles. The molecule has 11 heteroatoms. The number of rotatable bonds is 5. The average molecular weight is 568 g/mol. The van der Waals surface area contributed by atoms with Gasteiger partial charge in [0.2, 0.25) is 0 Å². The van der Waals surface area contributed by atoms with Gasteiger partial charge in [-0.2, -0.15) is 8.78 Å². The van der Waals surface area contributed by atoms with Gasteiger partial charge in [-0.05, 0) is 66.6 Å². The molecule has 0 bridgehead atoms. The van der Waals surface area contributed by atoms with E-state index < -0.39 is 57.1 Å². The molecule has 0 saturated heterocycles. The summed E-state index contributed by atoms with van der Waals surface area (Å²) in [7, 11) is 0. The van der Waals surface area contributed by atoms with Gasteiger partial charge in [0.1, 0.15) is 28.0 Å². The molecule has 0 aliphatic rings. The van der Waals surface area contributed by atoms with Gasteiger partial charge in [0.25, 0.3) is 0 Å². The summed E-state index contributed by atoms with van der Waals surface area (Å²) in [4.78, 5) is 4.39. The zero-order chi connectivity index (χ0) is 27.4. The fraction of sp³-hybridized carbons (Fsp3) is 0.0741. The summed E-state index contributed by atoms with van der Waals surface area (Å²) in [5, 5.41) is -0.275. The first-order valence-corrected chi connectivity index (χ1v) is 12.0. The number of ether oxygens (including phenoxy) is 1. The minimum Gasteiger partial charge on any atom is -0.429 e. The Kier molecular flexibility index (Phi) is 6.56. The Morgan fingerprint density at radius 3 is 2.13 bits per heavy atom. The Morgan fingerprint density at radius 2 is 1.47 bits per heavy atom. The second kappa shape index (κ2) is 9.59. The van der Waals surface area contributed by atoms with E-state index in [4.69, 9.17) is 11.6 Å². The standard InChI is InChI=1S/C27H13ClF7NOS/c1-12-2-5-22-23(6-12)38-26(36-22)14-7-17(28)24(19(30)10-14)27(34,35)37-15-3-4-16(18(29)11-15)13-8-20(31)25(33)21(32)9-13/h2-11H,1H3. The smallest absolute Gasteiger partial charge is 0.429 e. The van der Waals surface area contributed by atoms with Crippen molar-refractivity contribution in [2.45, 2.75) is 13.0 Å². The molecule has 194 valence electrons. The van der Waals surface area contributed by atoms with Gasteiger partial charge in [-0.25, -0.2) is 26.9 Å². The number of thiazole rings is 1. The van der Waals surface area contributed by atoms with Crippen molar-refractivity contribution in [1.82, 2.24) is 4.98 Å². The van der Waals surface area contributed by atoms with Crippen LogP contribution in [0.5, 0.6) is 5.75 Å². The molecule has 0 aliphatic carbocycles. The molecule has 0 atom stereocenters. The number of nitrogens with zero attached hydrogens (tertiary/aromatic N) is 1.